The van der Waals surface area contributed by atoms with E-state index < -0.39 is 6.04 Å². The Bertz CT molecular complexity index is 1370. The first-order valence-corrected chi connectivity index (χ1v) is 12.9. The molecule has 0 aromatic heterocycles. The van der Waals surface area contributed by atoms with Gasteiger partial charge in [-0.15, -0.1) is 0 Å². The molecule has 2 aromatic rings. The number of pyridine rings is 1. The molecule has 0 bridgehead atoms. The summed E-state index contributed by atoms with van der Waals surface area (Å²) in [6.07, 6.45) is 4.38. The zero-order valence-corrected chi connectivity index (χ0v) is 21.0. The standard InChI is InChI=1S/C27H28N6O2S/c1-3-24(26(35)30-23-13-19(9-6-17(23)2)29-20-14-28-15-20)33-12-4-5-22-25(33)32-27(31-22)36-16-18-7-10-21(34)11-8-18/h4-14,20,24,29,34H,3,15-16H2,1-2H3,(H,30,35). The number of phenols is 1. The molecule has 3 aliphatic rings. The van der Waals surface area contributed by atoms with Crippen molar-refractivity contribution in [2.45, 2.75) is 43.3 Å². The molecule has 0 radical (unpaired) electrons. The number of fused-ring (bicyclic) bond motifs is 1. The second-order valence-corrected chi connectivity index (χ2v) is 9.74. The molecule has 2 aromatic carbocycles. The van der Waals surface area contributed by atoms with Crippen LogP contribution in [0.3, 0.4) is 0 Å². The minimum absolute atomic E-state index is 0.0956. The van der Waals surface area contributed by atoms with E-state index in [-0.39, 0.29) is 17.7 Å². The number of hydrogen-bond donors (Lipinski definition) is 3. The van der Waals surface area contributed by atoms with Crippen molar-refractivity contribution in [3.63, 3.8) is 0 Å². The van der Waals surface area contributed by atoms with Crippen molar-refractivity contribution in [2.75, 3.05) is 17.2 Å². The van der Waals surface area contributed by atoms with Crippen LogP contribution in [0, 0.1) is 6.92 Å². The third kappa shape index (κ3) is 5.21. The van der Waals surface area contributed by atoms with Crippen LogP contribution < -0.4 is 10.6 Å². The summed E-state index contributed by atoms with van der Waals surface area (Å²) in [5, 5.41) is 16.7. The summed E-state index contributed by atoms with van der Waals surface area (Å²) < 4.78 is 1.91. The van der Waals surface area contributed by atoms with Crippen LogP contribution >= 0.6 is 11.8 Å². The third-order valence-corrected chi connectivity index (χ3v) is 7.07. The van der Waals surface area contributed by atoms with Gasteiger partial charge in [-0.25, -0.2) is 9.97 Å². The Balaban J connectivity index is 1.33. The van der Waals surface area contributed by atoms with Crippen LogP contribution in [0.4, 0.5) is 11.4 Å². The molecule has 3 N–H and O–H groups in total. The normalized spacial score (nSPS) is 15.4. The Labute approximate surface area is 214 Å². The van der Waals surface area contributed by atoms with E-state index in [1.54, 1.807) is 12.1 Å². The van der Waals surface area contributed by atoms with Crippen LogP contribution in [0.25, 0.3) is 11.5 Å². The van der Waals surface area contributed by atoms with Gasteiger partial charge in [-0.3, -0.25) is 9.79 Å². The molecule has 0 saturated heterocycles. The number of imidazole rings is 1. The van der Waals surface area contributed by atoms with Crippen molar-refractivity contribution in [2.24, 2.45) is 4.99 Å². The number of aryl methyl sites for hydroxylation is 1. The molecule has 3 heterocycles. The zero-order chi connectivity index (χ0) is 25.1. The summed E-state index contributed by atoms with van der Waals surface area (Å²) in [6.45, 7) is 4.75. The lowest BCUT2D eigenvalue weighted by Gasteiger charge is -2.23. The number of aromatic nitrogens is 3. The predicted molar refractivity (Wildman–Crippen MR) is 144 cm³/mol. The maximum atomic E-state index is 13.4. The quantitative estimate of drug-likeness (QED) is 0.275. The molecule has 5 rings (SSSR count). The van der Waals surface area contributed by atoms with Crippen molar-refractivity contribution in [1.82, 2.24) is 14.5 Å². The monoisotopic (exact) mass is 500 g/mol. The SMILES string of the molecule is CCC(C(=O)Nc1cc(NC2C=NC2)ccc1C)n1cccc2nc(SCc3ccc(O)cc3)nc1-2. The first kappa shape index (κ1) is 23.9. The van der Waals surface area contributed by atoms with Gasteiger partial charge < -0.3 is 20.3 Å². The number of benzene rings is 2. The highest BCUT2D eigenvalue weighted by Gasteiger charge is 2.24. The van der Waals surface area contributed by atoms with Crippen molar-refractivity contribution in [3.8, 4) is 17.3 Å². The van der Waals surface area contributed by atoms with Gasteiger partial charge in [0.2, 0.25) is 5.91 Å². The van der Waals surface area contributed by atoms with Crippen LogP contribution in [0.2, 0.25) is 0 Å². The number of carbonyl (C=O) groups excluding carboxylic acids is 1. The Morgan fingerprint density at radius 2 is 2.00 bits per heavy atom. The van der Waals surface area contributed by atoms with Crippen LogP contribution in [0.5, 0.6) is 5.75 Å². The molecule has 3 aliphatic heterocycles. The molecular formula is C27H28N6O2S. The molecule has 36 heavy (non-hydrogen) atoms. The fourth-order valence-corrected chi connectivity index (χ4v) is 4.86. The summed E-state index contributed by atoms with van der Waals surface area (Å²) >= 11 is 1.53. The summed E-state index contributed by atoms with van der Waals surface area (Å²) in [7, 11) is 0. The van der Waals surface area contributed by atoms with Gasteiger partial charge in [-0.1, -0.05) is 36.9 Å². The highest BCUT2D eigenvalue weighted by molar-refractivity contribution is 7.98. The largest absolute Gasteiger partial charge is 0.508 e. The van der Waals surface area contributed by atoms with E-state index >= 15 is 0 Å². The van der Waals surface area contributed by atoms with E-state index in [2.05, 4.69) is 20.6 Å². The summed E-state index contributed by atoms with van der Waals surface area (Å²) in [4.78, 5) is 27.0. The third-order valence-electron chi connectivity index (χ3n) is 6.16. The fraction of sp³-hybridized carbons (Fsp3) is 0.259. The van der Waals surface area contributed by atoms with Crippen molar-refractivity contribution in [3.05, 3.63) is 71.9 Å². The molecule has 0 saturated carbocycles. The highest BCUT2D eigenvalue weighted by Crippen LogP contribution is 2.30. The molecule has 1 amide bonds. The van der Waals surface area contributed by atoms with Gasteiger partial charge >= 0.3 is 0 Å². The lowest BCUT2D eigenvalue weighted by atomic mass is 10.1. The maximum absolute atomic E-state index is 13.4. The molecule has 8 nitrogen and oxygen atoms in total. The second kappa shape index (κ2) is 10.4. The summed E-state index contributed by atoms with van der Waals surface area (Å²) in [5.41, 5.74) is 4.55. The number of thioether (sulfide) groups is 1. The van der Waals surface area contributed by atoms with Crippen molar-refractivity contribution < 1.29 is 9.90 Å². The number of nitrogens with zero attached hydrogens (tertiary/aromatic N) is 4. The molecule has 2 unspecified atom stereocenters. The molecule has 184 valence electrons. The molecule has 0 spiro atoms. The van der Waals surface area contributed by atoms with E-state index in [0.717, 1.165) is 34.7 Å². The Morgan fingerprint density at radius 3 is 2.72 bits per heavy atom. The van der Waals surface area contributed by atoms with Crippen molar-refractivity contribution >= 4 is 35.3 Å². The number of anilines is 2. The average Bonchev–Trinajstić information content (AvgIpc) is 3.27. The van der Waals surface area contributed by atoms with Gasteiger partial charge in [0.1, 0.15) is 17.5 Å². The molecule has 0 aliphatic carbocycles. The number of nitrogens with one attached hydrogen (secondary N) is 2. The van der Waals surface area contributed by atoms with Crippen LogP contribution in [0.15, 0.2) is 70.9 Å². The number of phenolic OH excluding ortho intramolecular Hbond substituents is 1. The number of rotatable bonds is 9. The molecular weight excluding hydrogens is 472 g/mol. The van der Waals surface area contributed by atoms with Crippen molar-refractivity contribution in [1.29, 1.82) is 0 Å². The smallest absolute Gasteiger partial charge is 0.247 e. The van der Waals surface area contributed by atoms with E-state index in [0.29, 0.717) is 23.2 Å². The Hall–Kier alpha value is -3.85. The topological polar surface area (TPSA) is 104 Å². The average molecular weight is 501 g/mol. The van der Waals surface area contributed by atoms with Gasteiger partial charge in [0.15, 0.2) is 11.0 Å². The van der Waals surface area contributed by atoms with Gasteiger partial charge in [-0.05, 0) is 60.9 Å². The van der Waals surface area contributed by atoms with Gasteiger partial charge in [0, 0.05) is 29.5 Å². The first-order chi connectivity index (χ1) is 17.5. The summed E-state index contributed by atoms with van der Waals surface area (Å²) in [6, 6.07) is 16.7. The van der Waals surface area contributed by atoms with Gasteiger partial charge in [0.25, 0.3) is 0 Å². The van der Waals surface area contributed by atoms with E-state index in [4.69, 9.17) is 4.98 Å². The molecule has 0 fully saturated rings. The zero-order valence-electron chi connectivity index (χ0n) is 20.2. The lowest BCUT2D eigenvalue weighted by Crippen LogP contribution is -2.31. The Kier molecular flexibility index (Phi) is 6.90. The molecule has 2 atom stereocenters. The fourth-order valence-electron chi connectivity index (χ4n) is 4.06. The van der Waals surface area contributed by atoms with Crippen LogP contribution in [0.1, 0.15) is 30.5 Å². The van der Waals surface area contributed by atoms with Crippen LogP contribution in [-0.4, -0.2) is 44.3 Å². The molecule has 9 heteroatoms. The minimum atomic E-state index is -0.435. The first-order valence-electron chi connectivity index (χ1n) is 11.9. The Morgan fingerprint density at radius 1 is 1.19 bits per heavy atom. The maximum Gasteiger partial charge on any atom is 0.247 e. The number of hydrogen-bond acceptors (Lipinski definition) is 7. The van der Waals surface area contributed by atoms with E-state index in [9.17, 15) is 9.90 Å². The predicted octanol–water partition coefficient (Wildman–Crippen LogP) is 5.14. The number of amides is 1. The van der Waals surface area contributed by atoms with E-state index in [1.807, 2.05) is 73.3 Å². The number of aromatic hydroxyl groups is 1. The lowest BCUT2D eigenvalue weighted by molar-refractivity contribution is -0.119. The number of aliphatic imine (C=N–C) groups is 1. The minimum Gasteiger partial charge on any atom is -0.508 e. The second-order valence-electron chi connectivity index (χ2n) is 8.79. The summed E-state index contributed by atoms with van der Waals surface area (Å²) in [5.74, 6) is 1.52. The van der Waals surface area contributed by atoms with E-state index in [1.165, 1.54) is 11.8 Å². The van der Waals surface area contributed by atoms with Gasteiger partial charge in [-0.2, -0.15) is 0 Å². The number of carbonyl (C=O) groups is 1. The van der Waals surface area contributed by atoms with Crippen LogP contribution in [-0.2, 0) is 10.5 Å². The highest BCUT2D eigenvalue weighted by atomic mass is 32.2. The van der Waals surface area contributed by atoms with Gasteiger partial charge in [0.05, 0.1) is 12.6 Å².